The van der Waals surface area contributed by atoms with Crippen molar-refractivity contribution in [2.45, 2.75) is 5.92 Å². The lowest BCUT2D eigenvalue weighted by molar-refractivity contribution is -0.385. The van der Waals surface area contributed by atoms with Gasteiger partial charge < -0.3 is 15.2 Å². The van der Waals surface area contributed by atoms with Crippen molar-refractivity contribution in [3.05, 3.63) is 99.1 Å². The fourth-order valence-electron chi connectivity index (χ4n) is 3.98. The number of amides is 1. The maximum Gasteiger partial charge on any atom is 0.407 e. The Morgan fingerprint density at radius 2 is 1.73 bits per heavy atom. The second kappa shape index (κ2) is 9.35. The Balaban J connectivity index is 1.36. The van der Waals surface area contributed by atoms with E-state index in [0.717, 1.165) is 28.3 Å². The number of nitro groups is 1. The molecule has 8 heteroatoms. The Bertz CT molecular complexity index is 1220. The third kappa shape index (κ3) is 4.45. The molecule has 0 saturated heterocycles. The minimum Gasteiger partial charge on any atom is -0.502 e. The Hall–Kier alpha value is -4.46. The van der Waals surface area contributed by atoms with Crippen molar-refractivity contribution in [1.29, 1.82) is 0 Å². The van der Waals surface area contributed by atoms with E-state index in [-0.39, 0.29) is 24.6 Å². The second-order valence-corrected chi connectivity index (χ2v) is 7.46. The van der Waals surface area contributed by atoms with E-state index in [0.29, 0.717) is 11.8 Å². The van der Waals surface area contributed by atoms with Crippen LogP contribution in [0, 0.1) is 10.1 Å². The van der Waals surface area contributed by atoms with E-state index in [2.05, 4.69) is 17.4 Å². The average molecular weight is 444 g/mol. The van der Waals surface area contributed by atoms with Gasteiger partial charge in [0.2, 0.25) is 5.75 Å². The highest BCUT2D eigenvalue weighted by Gasteiger charge is 2.28. The van der Waals surface area contributed by atoms with E-state index < -0.39 is 22.5 Å². The molecule has 0 bridgehead atoms. The summed E-state index contributed by atoms with van der Waals surface area (Å²) in [5.41, 5.74) is 4.11. The van der Waals surface area contributed by atoms with E-state index in [4.69, 9.17) is 4.74 Å². The monoisotopic (exact) mass is 444 g/mol. The number of ether oxygens (including phenoxy) is 1. The summed E-state index contributed by atoms with van der Waals surface area (Å²) >= 11 is 0. The standard InChI is InChI=1S/C25H20N2O6/c28-14-17-12-16(13-23(24(17)29)27(31)32)6-5-11-26-25(30)33-15-22-20-9-3-1-7-18(20)19-8-2-4-10-21(19)22/h1-10,12-14,22,29H,11,15H2,(H,26,30). The zero-order valence-electron chi connectivity index (χ0n) is 17.4. The maximum atomic E-state index is 12.2. The van der Waals surface area contributed by atoms with E-state index in [1.54, 1.807) is 6.08 Å². The van der Waals surface area contributed by atoms with Gasteiger partial charge in [-0.25, -0.2) is 4.79 Å². The van der Waals surface area contributed by atoms with Gasteiger partial charge in [-0.15, -0.1) is 0 Å². The topological polar surface area (TPSA) is 119 Å². The highest BCUT2D eigenvalue weighted by molar-refractivity contribution is 5.84. The summed E-state index contributed by atoms with van der Waals surface area (Å²) < 4.78 is 5.44. The fourth-order valence-corrected chi connectivity index (χ4v) is 3.98. The zero-order chi connectivity index (χ0) is 23.4. The van der Waals surface area contributed by atoms with E-state index in [9.17, 15) is 24.8 Å². The van der Waals surface area contributed by atoms with Crippen molar-refractivity contribution in [1.82, 2.24) is 5.32 Å². The van der Waals surface area contributed by atoms with Crippen LogP contribution in [0.2, 0.25) is 0 Å². The van der Waals surface area contributed by atoms with Gasteiger partial charge in [-0.3, -0.25) is 14.9 Å². The van der Waals surface area contributed by atoms with Gasteiger partial charge in [0.05, 0.1) is 10.5 Å². The van der Waals surface area contributed by atoms with Crippen LogP contribution in [-0.2, 0) is 4.74 Å². The van der Waals surface area contributed by atoms with Gasteiger partial charge in [-0.05, 0) is 33.9 Å². The highest BCUT2D eigenvalue weighted by Crippen LogP contribution is 2.44. The minimum absolute atomic E-state index is 0.0435. The van der Waals surface area contributed by atoms with Crippen LogP contribution in [0.25, 0.3) is 17.2 Å². The quantitative estimate of drug-likeness (QED) is 0.311. The van der Waals surface area contributed by atoms with E-state index >= 15 is 0 Å². The molecule has 1 aliphatic rings. The first-order valence-electron chi connectivity index (χ1n) is 10.2. The normalized spacial score (nSPS) is 12.2. The molecule has 0 unspecified atom stereocenters. The van der Waals surface area contributed by atoms with Crippen molar-refractivity contribution < 1.29 is 24.4 Å². The zero-order valence-corrected chi connectivity index (χ0v) is 17.4. The number of aromatic hydroxyl groups is 1. The number of carbonyl (C=O) groups is 2. The van der Waals surface area contributed by atoms with Crippen LogP contribution in [0.15, 0.2) is 66.7 Å². The van der Waals surface area contributed by atoms with Crippen LogP contribution in [0.1, 0.15) is 33.0 Å². The number of hydrogen-bond acceptors (Lipinski definition) is 6. The summed E-state index contributed by atoms with van der Waals surface area (Å²) in [4.78, 5) is 33.5. The molecule has 0 heterocycles. The van der Waals surface area contributed by atoms with E-state index in [1.165, 1.54) is 12.1 Å². The van der Waals surface area contributed by atoms with Gasteiger partial charge in [0, 0.05) is 18.5 Å². The number of benzene rings is 3. The number of phenols is 1. The van der Waals surface area contributed by atoms with Gasteiger partial charge in [-0.1, -0.05) is 60.7 Å². The lowest BCUT2D eigenvalue weighted by atomic mass is 9.98. The Morgan fingerprint density at radius 1 is 1.09 bits per heavy atom. The maximum absolute atomic E-state index is 12.2. The number of alkyl carbamates (subject to hydrolysis) is 1. The fraction of sp³-hybridized carbons (Fsp3) is 0.120. The lowest BCUT2D eigenvalue weighted by Gasteiger charge is -2.14. The summed E-state index contributed by atoms with van der Waals surface area (Å²) in [7, 11) is 0. The van der Waals surface area contributed by atoms with Crippen LogP contribution in [0.3, 0.4) is 0 Å². The number of nitrogens with zero attached hydrogens (tertiary/aromatic N) is 1. The van der Waals surface area contributed by atoms with Gasteiger partial charge >= 0.3 is 11.8 Å². The number of rotatable bonds is 7. The first kappa shape index (κ1) is 21.8. The molecule has 0 fully saturated rings. The third-order valence-corrected chi connectivity index (χ3v) is 5.48. The summed E-state index contributed by atoms with van der Waals surface area (Å²) in [6, 6.07) is 18.6. The predicted molar refractivity (Wildman–Crippen MR) is 122 cm³/mol. The van der Waals surface area contributed by atoms with Gasteiger partial charge in [0.1, 0.15) is 6.61 Å². The largest absolute Gasteiger partial charge is 0.502 e. The number of carbonyl (C=O) groups excluding carboxylic acids is 2. The molecule has 1 amide bonds. The molecule has 166 valence electrons. The van der Waals surface area contributed by atoms with Crippen LogP contribution in [-0.4, -0.2) is 35.6 Å². The first-order valence-corrected chi connectivity index (χ1v) is 10.2. The molecule has 0 atom stereocenters. The van der Waals surface area contributed by atoms with Gasteiger partial charge in [0.15, 0.2) is 6.29 Å². The molecule has 3 aromatic rings. The van der Waals surface area contributed by atoms with Gasteiger partial charge in [-0.2, -0.15) is 0 Å². The number of fused-ring (bicyclic) bond motifs is 3. The molecule has 4 rings (SSSR count). The van der Waals surface area contributed by atoms with Crippen molar-refractivity contribution >= 4 is 24.1 Å². The SMILES string of the molecule is O=Cc1cc(C=CCNC(=O)OCC2c3ccccc3-c3ccccc32)cc([N+](=O)[O-])c1O. The van der Waals surface area contributed by atoms with Crippen molar-refractivity contribution in [2.24, 2.45) is 0 Å². The number of nitrogens with one attached hydrogen (secondary N) is 1. The summed E-state index contributed by atoms with van der Waals surface area (Å²) in [5.74, 6) is -0.720. The predicted octanol–water partition coefficient (Wildman–Crippen LogP) is 4.66. The molecule has 1 aliphatic carbocycles. The van der Waals surface area contributed by atoms with E-state index in [1.807, 2.05) is 36.4 Å². The second-order valence-electron chi connectivity index (χ2n) is 7.46. The number of aldehydes is 1. The molecule has 2 N–H and O–H groups in total. The summed E-state index contributed by atoms with van der Waals surface area (Å²) in [6.45, 7) is 0.304. The molecular weight excluding hydrogens is 424 g/mol. The number of nitro benzene ring substituents is 1. The molecule has 0 saturated carbocycles. The van der Waals surface area contributed by atoms with Crippen molar-refractivity contribution in [3.63, 3.8) is 0 Å². The summed E-state index contributed by atoms with van der Waals surface area (Å²) in [6.07, 6.45) is 2.82. The summed E-state index contributed by atoms with van der Waals surface area (Å²) in [5, 5.41) is 23.4. The molecule has 8 nitrogen and oxygen atoms in total. The third-order valence-electron chi connectivity index (χ3n) is 5.48. The van der Waals surface area contributed by atoms with Crippen molar-refractivity contribution in [3.8, 4) is 16.9 Å². The Morgan fingerprint density at radius 3 is 2.33 bits per heavy atom. The molecule has 0 radical (unpaired) electrons. The molecule has 0 spiro atoms. The number of phenolic OH excluding ortho intramolecular Hbond substituents is 1. The molecule has 3 aromatic carbocycles. The Kier molecular flexibility index (Phi) is 6.17. The first-order chi connectivity index (χ1) is 16.0. The lowest BCUT2D eigenvalue weighted by Crippen LogP contribution is -2.26. The van der Waals surface area contributed by atoms with Crippen LogP contribution in [0.4, 0.5) is 10.5 Å². The van der Waals surface area contributed by atoms with Crippen LogP contribution >= 0.6 is 0 Å². The van der Waals surface area contributed by atoms with Crippen LogP contribution in [0.5, 0.6) is 5.75 Å². The average Bonchev–Trinajstić information content (AvgIpc) is 3.14. The molecular formula is C25H20N2O6. The molecule has 0 aromatic heterocycles. The molecule has 0 aliphatic heterocycles. The molecule has 33 heavy (non-hydrogen) atoms. The van der Waals surface area contributed by atoms with Crippen LogP contribution < -0.4 is 5.32 Å². The van der Waals surface area contributed by atoms with Gasteiger partial charge in [0.25, 0.3) is 0 Å². The number of hydrogen-bond donors (Lipinski definition) is 2. The minimum atomic E-state index is -0.769. The Labute approximate surface area is 189 Å². The highest BCUT2D eigenvalue weighted by atomic mass is 16.6. The van der Waals surface area contributed by atoms with Crippen molar-refractivity contribution in [2.75, 3.05) is 13.2 Å². The smallest absolute Gasteiger partial charge is 0.407 e.